The Morgan fingerprint density at radius 3 is 3.04 bits per heavy atom. The van der Waals surface area contributed by atoms with E-state index in [0.717, 1.165) is 42.3 Å². The molecule has 7 heteroatoms. The summed E-state index contributed by atoms with van der Waals surface area (Å²) in [6.45, 7) is 10.8. The summed E-state index contributed by atoms with van der Waals surface area (Å²) in [4.78, 5) is 22.0. The summed E-state index contributed by atoms with van der Waals surface area (Å²) < 4.78 is 7.03. The van der Waals surface area contributed by atoms with Gasteiger partial charge in [-0.25, -0.2) is 9.78 Å². The molecule has 0 saturated heterocycles. The molecule has 1 N–H and O–H groups in total. The number of fused-ring (bicyclic) bond motifs is 1. The van der Waals surface area contributed by atoms with Crippen molar-refractivity contribution in [3.8, 4) is 0 Å². The Labute approximate surface area is 141 Å². The van der Waals surface area contributed by atoms with Crippen molar-refractivity contribution in [2.45, 2.75) is 39.9 Å². The first-order valence-corrected chi connectivity index (χ1v) is 8.21. The number of hydrogen-bond acceptors (Lipinski definition) is 5. The predicted octanol–water partition coefficient (Wildman–Crippen LogP) is 1.84. The van der Waals surface area contributed by atoms with Gasteiger partial charge >= 0.3 is 5.97 Å². The van der Waals surface area contributed by atoms with E-state index >= 15 is 0 Å². The molecule has 24 heavy (non-hydrogen) atoms. The van der Waals surface area contributed by atoms with Gasteiger partial charge in [-0.15, -0.1) is 6.58 Å². The van der Waals surface area contributed by atoms with Crippen LogP contribution in [0.3, 0.4) is 0 Å². The predicted molar refractivity (Wildman–Crippen MR) is 89.5 cm³/mol. The quantitative estimate of drug-likeness (QED) is 0.646. The summed E-state index contributed by atoms with van der Waals surface area (Å²) in [5, 5.41) is 4.47. The Morgan fingerprint density at radius 2 is 2.38 bits per heavy atom. The van der Waals surface area contributed by atoms with Crippen LogP contribution in [0.25, 0.3) is 0 Å². The summed E-state index contributed by atoms with van der Waals surface area (Å²) in [7, 11) is 0. The van der Waals surface area contributed by atoms with E-state index in [1.54, 1.807) is 13.0 Å². The fourth-order valence-corrected chi connectivity index (χ4v) is 3.11. The van der Waals surface area contributed by atoms with Gasteiger partial charge in [0.25, 0.3) is 0 Å². The zero-order valence-corrected chi connectivity index (χ0v) is 14.2. The van der Waals surface area contributed by atoms with Gasteiger partial charge in [0.1, 0.15) is 5.82 Å². The second kappa shape index (κ2) is 7.00. The number of rotatable bonds is 6. The van der Waals surface area contributed by atoms with Crippen LogP contribution in [0.4, 0.5) is 0 Å². The lowest BCUT2D eigenvalue weighted by atomic mass is 10.0. The first-order valence-electron chi connectivity index (χ1n) is 8.21. The number of nitrogens with zero attached hydrogens (tertiary/aromatic N) is 4. The molecule has 3 heterocycles. The van der Waals surface area contributed by atoms with Crippen molar-refractivity contribution >= 4 is 5.97 Å². The maximum absolute atomic E-state index is 12.2. The molecule has 1 aliphatic rings. The molecule has 0 spiro atoms. The molecule has 0 aliphatic carbocycles. The number of imidazole rings is 1. The van der Waals surface area contributed by atoms with Crippen molar-refractivity contribution < 1.29 is 9.53 Å². The minimum Gasteiger partial charge on any atom is -0.461 e. The van der Waals surface area contributed by atoms with Crippen molar-refractivity contribution in [2.75, 3.05) is 13.2 Å². The number of hydrogen-bond donors (Lipinski definition) is 1. The molecule has 0 saturated carbocycles. The Hall–Kier alpha value is -2.41. The SMILES string of the molecule is C=CCn1nc(C(=O)OCC)c2c1CCN(Cc1cnc(C)[nH]1)C2. The number of ether oxygens (including phenoxy) is 1. The number of allylic oxidation sites excluding steroid dienone is 1. The average Bonchev–Trinajstić information content (AvgIpc) is 3.12. The van der Waals surface area contributed by atoms with E-state index in [0.29, 0.717) is 25.4 Å². The monoisotopic (exact) mass is 329 g/mol. The Morgan fingerprint density at radius 1 is 1.54 bits per heavy atom. The number of carbonyl (C=O) groups excluding carboxylic acids is 1. The number of aromatic amines is 1. The normalized spacial score (nSPS) is 14.4. The zero-order chi connectivity index (χ0) is 17.1. The summed E-state index contributed by atoms with van der Waals surface area (Å²) >= 11 is 0. The molecule has 0 atom stereocenters. The third-order valence-corrected chi connectivity index (χ3v) is 4.13. The second-order valence-electron chi connectivity index (χ2n) is 5.92. The summed E-state index contributed by atoms with van der Waals surface area (Å²) in [5.74, 6) is 0.560. The smallest absolute Gasteiger partial charge is 0.359 e. The van der Waals surface area contributed by atoms with Gasteiger partial charge < -0.3 is 9.72 Å². The summed E-state index contributed by atoms with van der Waals surface area (Å²) in [6.07, 6.45) is 4.50. The van der Waals surface area contributed by atoms with Crippen LogP contribution in [0.1, 0.15) is 40.2 Å². The van der Waals surface area contributed by atoms with Gasteiger partial charge in [-0.2, -0.15) is 5.10 Å². The van der Waals surface area contributed by atoms with Crippen LogP contribution in [-0.2, 0) is 30.8 Å². The number of esters is 1. The first kappa shape index (κ1) is 16.4. The van der Waals surface area contributed by atoms with Crippen molar-refractivity contribution in [3.63, 3.8) is 0 Å². The average molecular weight is 329 g/mol. The fraction of sp³-hybridized carbons (Fsp3) is 0.471. The van der Waals surface area contributed by atoms with Gasteiger partial charge in [0.2, 0.25) is 0 Å². The van der Waals surface area contributed by atoms with E-state index in [1.807, 2.05) is 17.8 Å². The molecule has 0 aromatic carbocycles. The van der Waals surface area contributed by atoms with Gasteiger partial charge in [0.15, 0.2) is 5.69 Å². The third kappa shape index (κ3) is 3.26. The Bertz CT molecular complexity index is 746. The van der Waals surface area contributed by atoms with Gasteiger partial charge in [-0.05, 0) is 13.8 Å². The van der Waals surface area contributed by atoms with Crippen molar-refractivity contribution in [1.82, 2.24) is 24.6 Å². The number of aromatic nitrogens is 4. The number of carbonyl (C=O) groups is 1. The van der Waals surface area contributed by atoms with Crippen molar-refractivity contribution in [3.05, 3.63) is 47.3 Å². The highest BCUT2D eigenvalue weighted by atomic mass is 16.5. The molecule has 2 aromatic rings. The van der Waals surface area contributed by atoms with E-state index < -0.39 is 0 Å². The molecule has 0 fully saturated rings. The van der Waals surface area contributed by atoms with Gasteiger partial charge in [0, 0.05) is 49.2 Å². The first-order chi connectivity index (χ1) is 11.6. The number of aryl methyl sites for hydroxylation is 1. The molecule has 128 valence electrons. The highest BCUT2D eigenvalue weighted by Gasteiger charge is 2.28. The highest BCUT2D eigenvalue weighted by Crippen LogP contribution is 2.24. The molecule has 3 rings (SSSR count). The molecular weight excluding hydrogens is 306 g/mol. The van der Waals surface area contributed by atoms with Crippen LogP contribution in [0.5, 0.6) is 0 Å². The van der Waals surface area contributed by atoms with Crippen LogP contribution in [0.2, 0.25) is 0 Å². The van der Waals surface area contributed by atoms with Crippen LogP contribution in [0.15, 0.2) is 18.9 Å². The van der Waals surface area contributed by atoms with Crippen molar-refractivity contribution in [2.24, 2.45) is 0 Å². The molecular formula is C17H23N5O2. The standard InChI is InChI=1S/C17H23N5O2/c1-4-7-22-15-6-8-21(10-13-9-18-12(3)19-13)11-14(15)16(20-22)17(23)24-5-2/h4,9H,1,5-8,10-11H2,2-3H3,(H,18,19). The Balaban J connectivity index is 1.84. The summed E-state index contributed by atoms with van der Waals surface area (Å²) in [6, 6.07) is 0. The number of H-pyrrole nitrogens is 1. The van der Waals surface area contributed by atoms with Gasteiger partial charge in [-0.1, -0.05) is 6.08 Å². The molecule has 0 amide bonds. The molecule has 0 radical (unpaired) electrons. The fourth-order valence-electron chi connectivity index (χ4n) is 3.11. The highest BCUT2D eigenvalue weighted by molar-refractivity contribution is 5.89. The van der Waals surface area contributed by atoms with E-state index in [1.165, 1.54) is 0 Å². The minimum atomic E-state index is -0.351. The van der Waals surface area contributed by atoms with Crippen molar-refractivity contribution in [1.29, 1.82) is 0 Å². The molecule has 0 bridgehead atoms. The lowest BCUT2D eigenvalue weighted by Crippen LogP contribution is -2.31. The van der Waals surface area contributed by atoms with E-state index in [2.05, 4.69) is 26.5 Å². The summed E-state index contributed by atoms with van der Waals surface area (Å²) in [5.41, 5.74) is 3.58. The molecule has 1 aliphatic heterocycles. The van der Waals surface area contributed by atoms with E-state index in [9.17, 15) is 4.79 Å². The van der Waals surface area contributed by atoms with Crippen LogP contribution < -0.4 is 0 Å². The number of nitrogens with one attached hydrogen (secondary N) is 1. The zero-order valence-electron chi connectivity index (χ0n) is 14.2. The van der Waals surface area contributed by atoms with Crippen LogP contribution >= 0.6 is 0 Å². The lowest BCUT2D eigenvalue weighted by Gasteiger charge is -2.27. The minimum absolute atomic E-state index is 0.346. The second-order valence-corrected chi connectivity index (χ2v) is 5.92. The molecule has 2 aromatic heterocycles. The van der Waals surface area contributed by atoms with Gasteiger partial charge in [-0.3, -0.25) is 9.58 Å². The van der Waals surface area contributed by atoms with Crippen LogP contribution in [0, 0.1) is 6.92 Å². The van der Waals surface area contributed by atoms with E-state index in [4.69, 9.17) is 4.74 Å². The maximum Gasteiger partial charge on any atom is 0.359 e. The van der Waals surface area contributed by atoms with Gasteiger partial charge in [0.05, 0.1) is 13.2 Å². The maximum atomic E-state index is 12.2. The topological polar surface area (TPSA) is 76.0 Å². The molecule has 0 unspecified atom stereocenters. The lowest BCUT2D eigenvalue weighted by molar-refractivity contribution is 0.0515. The molecule has 7 nitrogen and oxygen atoms in total. The largest absolute Gasteiger partial charge is 0.461 e. The van der Waals surface area contributed by atoms with Crippen LogP contribution in [-0.4, -0.2) is 43.8 Å². The third-order valence-electron chi connectivity index (χ3n) is 4.13. The van der Waals surface area contributed by atoms with E-state index in [-0.39, 0.29) is 5.97 Å². The Kier molecular flexibility index (Phi) is 4.80.